The summed E-state index contributed by atoms with van der Waals surface area (Å²) in [5.74, 6) is 1.78. The van der Waals surface area contributed by atoms with Crippen molar-refractivity contribution in [3.8, 4) is 11.5 Å². The molecule has 38 heavy (non-hydrogen) atoms. The normalized spacial score (nSPS) is 23.6. The molecule has 0 radical (unpaired) electrons. The molecule has 0 unspecified atom stereocenters. The van der Waals surface area contributed by atoms with E-state index in [0.717, 1.165) is 30.8 Å². The number of hydrogen-bond donors (Lipinski definition) is 0. The zero-order chi connectivity index (χ0) is 27.3. The van der Waals surface area contributed by atoms with Crippen molar-refractivity contribution >= 4 is 17.2 Å². The molecule has 0 spiro atoms. The van der Waals surface area contributed by atoms with Gasteiger partial charge in [-0.25, -0.2) is 0 Å². The number of benzene rings is 2. The average Bonchev–Trinajstić information content (AvgIpc) is 2.87. The molecule has 8 heteroatoms. The van der Waals surface area contributed by atoms with E-state index in [1.165, 1.54) is 33.4 Å². The maximum atomic E-state index is 6.77. The highest BCUT2D eigenvalue weighted by Gasteiger charge is 2.46. The lowest BCUT2D eigenvalue weighted by Crippen LogP contribution is -2.46. The van der Waals surface area contributed by atoms with Gasteiger partial charge in [0.2, 0.25) is 0 Å². The molecule has 2 aromatic rings. The van der Waals surface area contributed by atoms with Crippen molar-refractivity contribution in [1.82, 2.24) is 0 Å². The van der Waals surface area contributed by atoms with E-state index in [0.29, 0.717) is 26.4 Å². The zero-order valence-corrected chi connectivity index (χ0v) is 25.9. The van der Waals surface area contributed by atoms with E-state index in [1.807, 2.05) is 0 Å². The fourth-order valence-electron chi connectivity index (χ4n) is 5.06. The predicted molar refractivity (Wildman–Crippen MR) is 153 cm³/mol. The molecular formula is C30H42O6P2. The first kappa shape index (κ1) is 28.3. The molecule has 6 nitrogen and oxygen atoms in total. The van der Waals surface area contributed by atoms with E-state index < -0.39 is 17.2 Å². The first-order chi connectivity index (χ1) is 17.9. The van der Waals surface area contributed by atoms with Crippen molar-refractivity contribution in [1.29, 1.82) is 0 Å². The predicted octanol–water partition coefficient (Wildman–Crippen LogP) is 8.30. The summed E-state index contributed by atoms with van der Waals surface area (Å²) >= 11 is 0. The molecule has 4 heterocycles. The third kappa shape index (κ3) is 5.78. The molecule has 0 aromatic heterocycles. The standard InChI is InChI=1S/C30H42O6P2/c1-9-20-11-22-15-23-12-21(10-2)14-25(29(6,7)8)27(23)36-38(35-26(22)24(13-20)28(3,4)5)34-19-30-16-31-37(32-17-30)33-18-30/h11-14H,9-10,15-19H2,1-8H3. The van der Waals surface area contributed by atoms with Crippen molar-refractivity contribution in [2.75, 3.05) is 26.4 Å². The van der Waals surface area contributed by atoms with Crippen LogP contribution < -0.4 is 9.05 Å². The number of hydrogen-bond acceptors (Lipinski definition) is 6. The second-order valence-electron chi connectivity index (χ2n) is 12.9. The summed E-state index contributed by atoms with van der Waals surface area (Å²) in [6, 6.07) is 9.19. The second kappa shape index (κ2) is 10.6. The van der Waals surface area contributed by atoms with Crippen LogP contribution in [0.5, 0.6) is 11.5 Å². The molecule has 0 aliphatic carbocycles. The van der Waals surface area contributed by atoms with Crippen LogP contribution >= 0.6 is 17.2 Å². The Balaban J connectivity index is 1.61. The largest absolute Gasteiger partial charge is 0.463 e. The molecule has 4 aliphatic rings. The zero-order valence-electron chi connectivity index (χ0n) is 24.1. The van der Waals surface area contributed by atoms with Crippen LogP contribution in [0.2, 0.25) is 0 Å². The van der Waals surface area contributed by atoms with Crippen molar-refractivity contribution in [2.45, 2.75) is 85.5 Å². The highest BCUT2D eigenvalue weighted by atomic mass is 31.2. The minimum atomic E-state index is -1.75. The lowest BCUT2D eigenvalue weighted by molar-refractivity contribution is -0.0926. The highest BCUT2D eigenvalue weighted by Crippen LogP contribution is 2.56. The van der Waals surface area contributed by atoms with Gasteiger partial charge in [-0.1, -0.05) is 79.7 Å². The molecule has 0 N–H and O–H groups in total. The Kier molecular flexibility index (Phi) is 7.90. The van der Waals surface area contributed by atoms with Crippen LogP contribution in [0.4, 0.5) is 0 Å². The lowest BCUT2D eigenvalue weighted by atomic mass is 9.81. The summed E-state index contributed by atoms with van der Waals surface area (Å²) in [6.07, 6.45) is 2.70. The second-order valence-corrected chi connectivity index (χ2v) is 15.2. The van der Waals surface area contributed by atoms with Gasteiger partial charge in [-0.2, -0.15) is 0 Å². The Morgan fingerprint density at radius 1 is 0.737 bits per heavy atom. The van der Waals surface area contributed by atoms with Gasteiger partial charge in [-0.15, -0.1) is 0 Å². The average molecular weight is 561 g/mol. The molecule has 0 saturated carbocycles. The van der Waals surface area contributed by atoms with Crippen molar-refractivity contribution in [3.05, 3.63) is 57.6 Å². The van der Waals surface area contributed by atoms with Crippen LogP contribution in [0.3, 0.4) is 0 Å². The Morgan fingerprint density at radius 3 is 1.58 bits per heavy atom. The summed E-state index contributed by atoms with van der Waals surface area (Å²) in [5.41, 5.74) is 6.85. The third-order valence-corrected chi connectivity index (χ3v) is 9.52. The first-order valence-electron chi connectivity index (χ1n) is 13.7. The van der Waals surface area contributed by atoms with E-state index in [4.69, 9.17) is 27.1 Å². The quantitative estimate of drug-likeness (QED) is 0.343. The van der Waals surface area contributed by atoms with E-state index in [9.17, 15) is 0 Å². The van der Waals surface area contributed by atoms with Crippen molar-refractivity contribution in [2.24, 2.45) is 5.41 Å². The summed E-state index contributed by atoms with van der Waals surface area (Å²) in [4.78, 5) is 0. The van der Waals surface area contributed by atoms with Gasteiger partial charge in [0.05, 0.1) is 31.8 Å². The van der Waals surface area contributed by atoms with Crippen LogP contribution in [-0.4, -0.2) is 26.4 Å². The molecule has 3 fully saturated rings. The van der Waals surface area contributed by atoms with E-state index in [2.05, 4.69) is 79.7 Å². The van der Waals surface area contributed by atoms with Crippen LogP contribution in [0.25, 0.3) is 0 Å². The maximum Gasteiger partial charge on any atom is 0.463 e. The number of rotatable bonds is 5. The van der Waals surface area contributed by atoms with Crippen LogP contribution in [0.1, 0.15) is 88.8 Å². The molecule has 6 rings (SSSR count). The van der Waals surface area contributed by atoms with Crippen LogP contribution in [0, 0.1) is 5.41 Å². The summed E-state index contributed by atoms with van der Waals surface area (Å²) in [7, 11) is -2.94. The Bertz CT molecular complexity index is 1090. The van der Waals surface area contributed by atoms with Gasteiger partial charge < -0.3 is 22.6 Å². The summed E-state index contributed by atoms with van der Waals surface area (Å²) in [6.45, 7) is 19.9. The maximum absolute atomic E-state index is 6.77. The van der Waals surface area contributed by atoms with Crippen molar-refractivity contribution in [3.63, 3.8) is 0 Å². The minimum Gasteiger partial charge on any atom is -0.417 e. The van der Waals surface area contributed by atoms with E-state index in [-0.39, 0.29) is 16.2 Å². The number of aryl methyl sites for hydroxylation is 2. The molecule has 0 atom stereocenters. The van der Waals surface area contributed by atoms with Crippen LogP contribution in [-0.2, 0) is 48.2 Å². The fourth-order valence-corrected chi connectivity index (χ4v) is 7.67. The van der Waals surface area contributed by atoms with E-state index >= 15 is 0 Å². The van der Waals surface area contributed by atoms with Crippen LogP contribution in [0.15, 0.2) is 24.3 Å². The monoisotopic (exact) mass is 560 g/mol. The number of fused-ring (bicyclic) bond motifs is 5. The fraction of sp³-hybridized carbons (Fsp3) is 0.600. The molecule has 0 amide bonds. The van der Waals surface area contributed by atoms with E-state index in [1.54, 1.807) is 0 Å². The Hall–Kier alpha value is -1.26. The molecule has 208 valence electrons. The van der Waals surface area contributed by atoms with Gasteiger partial charge in [-0.05, 0) is 45.9 Å². The van der Waals surface area contributed by atoms with Gasteiger partial charge >= 0.3 is 17.2 Å². The minimum absolute atomic E-state index is 0.0990. The smallest absolute Gasteiger partial charge is 0.417 e. The molecule has 2 bridgehead atoms. The Morgan fingerprint density at radius 2 is 1.18 bits per heavy atom. The highest BCUT2D eigenvalue weighted by molar-refractivity contribution is 7.42. The topological polar surface area (TPSA) is 55.4 Å². The Labute approximate surface area is 230 Å². The SMILES string of the molecule is CCc1cc2c(c(C(C)(C)C)c1)OP(OCC13COP(OC1)OC3)Oc1c(cc(CC)cc1C(C)(C)C)C2. The third-order valence-electron chi connectivity index (χ3n) is 7.50. The van der Waals surface area contributed by atoms with Gasteiger partial charge in [0, 0.05) is 17.5 Å². The van der Waals surface area contributed by atoms with Gasteiger partial charge in [0.25, 0.3) is 0 Å². The van der Waals surface area contributed by atoms with Gasteiger partial charge in [-0.3, -0.25) is 4.52 Å². The molecule has 3 saturated heterocycles. The molecule has 2 aromatic carbocycles. The van der Waals surface area contributed by atoms with Gasteiger partial charge in [0.15, 0.2) is 0 Å². The van der Waals surface area contributed by atoms with Gasteiger partial charge in [0.1, 0.15) is 11.5 Å². The van der Waals surface area contributed by atoms with Crippen molar-refractivity contribution < 1.29 is 27.1 Å². The molecular weight excluding hydrogens is 518 g/mol. The first-order valence-corrected chi connectivity index (χ1v) is 15.9. The lowest BCUT2D eigenvalue weighted by Gasteiger charge is -2.43. The summed E-state index contributed by atoms with van der Waals surface area (Å²) < 4.78 is 37.2. The summed E-state index contributed by atoms with van der Waals surface area (Å²) in [5, 5.41) is 0. The molecule has 4 aliphatic heterocycles.